The summed E-state index contributed by atoms with van der Waals surface area (Å²) in [6.07, 6.45) is 13.7. The zero-order chi connectivity index (χ0) is 19.3. The van der Waals surface area contributed by atoms with Gasteiger partial charge in [0, 0.05) is 18.4 Å². The van der Waals surface area contributed by atoms with Gasteiger partial charge in [0.1, 0.15) is 0 Å². The highest BCUT2D eigenvalue weighted by Crippen LogP contribution is 2.22. The smallest absolute Gasteiger partial charge is 0.230 e. The topological polar surface area (TPSA) is 86.9 Å². The molecule has 2 aliphatic rings. The number of carbonyl (C=O) groups excluding carboxylic acids is 2. The van der Waals surface area contributed by atoms with Crippen molar-refractivity contribution in [2.75, 3.05) is 5.32 Å². The number of imidazole rings is 1. The van der Waals surface area contributed by atoms with Crippen LogP contribution in [-0.4, -0.2) is 21.8 Å². The van der Waals surface area contributed by atoms with Crippen LogP contribution >= 0.6 is 0 Å². The molecule has 6 nitrogen and oxygen atoms in total. The third-order valence-corrected chi connectivity index (χ3v) is 5.53. The fourth-order valence-electron chi connectivity index (χ4n) is 3.84. The first-order chi connectivity index (χ1) is 13.7. The van der Waals surface area contributed by atoms with Crippen molar-refractivity contribution in [2.24, 2.45) is 11.8 Å². The van der Waals surface area contributed by atoms with Gasteiger partial charge in [-0.05, 0) is 56.2 Å². The molecule has 0 radical (unpaired) electrons. The Labute approximate surface area is 164 Å². The number of benzene rings is 1. The Kier molecular flexibility index (Phi) is 5.55. The van der Waals surface area contributed by atoms with Crippen LogP contribution in [0.25, 0.3) is 11.0 Å². The van der Waals surface area contributed by atoms with E-state index in [4.69, 9.17) is 0 Å². The number of aromatic nitrogens is 2. The largest absolute Gasteiger partial charge is 0.352 e. The zero-order valence-corrected chi connectivity index (χ0v) is 15.9. The van der Waals surface area contributed by atoms with Gasteiger partial charge in [-0.15, -0.1) is 0 Å². The number of aromatic amines is 1. The lowest BCUT2D eigenvalue weighted by Gasteiger charge is -2.17. The second kappa shape index (κ2) is 8.42. The normalized spacial score (nSPS) is 21.6. The van der Waals surface area contributed by atoms with Gasteiger partial charge in [0.05, 0.1) is 11.0 Å². The number of carbonyl (C=O) groups is 2. The van der Waals surface area contributed by atoms with Crippen LogP contribution in [-0.2, 0) is 16.1 Å². The molecular formula is C22H26N4O2. The summed E-state index contributed by atoms with van der Waals surface area (Å²) >= 11 is 0. The van der Waals surface area contributed by atoms with E-state index < -0.39 is 0 Å². The lowest BCUT2D eigenvalue weighted by Crippen LogP contribution is -2.30. The average molecular weight is 378 g/mol. The summed E-state index contributed by atoms with van der Waals surface area (Å²) in [5.74, 6) is 0.696. The SMILES string of the molecule is O=C(NCc1ccc2nc(NC(=O)[C@H]3CC=CCC3)[nH]c2c1)[C@@H]1CC=CCC1. The number of rotatable bonds is 5. The lowest BCUT2D eigenvalue weighted by molar-refractivity contribution is -0.125. The molecule has 6 heteroatoms. The second-order valence-corrected chi connectivity index (χ2v) is 7.61. The number of allylic oxidation sites excluding steroid dienone is 4. The second-order valence-electron chi connectivity index (χ2n) is 7.61. The van der Waals surface area contributed by atoms with Crippen molar-refractivity contribution < 1.29 is 9.59 Å². The minimum Gasteiger partial charge on any atom is -0.352 e. The van der Waals surface area contributed by atoms with Crippen molar-refractivity contribution in [3.05, 3.63) is 48.1 Å². The quantitative estimate of drug-likeness (QED) is 0.691. The predicted molar refractivity (Wildman–Crippen MR) is 110 cm³/mol. The van der Waals surface area contributed by atoms with Gasteiger partial charge in [0.25, 0.3) is 0 Å². The maximum atomic E-state index is 12.4. The van der Waals surface area contributed by atoms with E-state index in [9.17, 15) is 9.59 Å². The molecule has 146 valence electrons. The molecule has 1 heterocycles. The predicted octanol–water partition coefficient (Wildman–Crippen LogP) is 3.83. The van der Waals surface area contributed by atoms with Gasteiger partial charge in [-0.3, -0.25) is 14.9 Å². The molecule has 2 atom stereocenters. The highest BCUT2D eigenvalue weighted by atomic mass is 16.2. The fourth-order valence-corrected chi connectivity index (χ4v) is 3.84. The summed E-state index contributed by atoms with van der Waals surface area (Å²) < 4.78 is 0. The first-order valence-electron chi connectivity index (χ1n) is 10.1. The van der Waals surface area contributed by atoms with E-state index >= 15 is 0 Å². The van der Waals surface area contributed by atoms with Crippen LogP contribution in [0.15, 0.2) is 42.5 Å². The molecule has 0 fully saturated rings. The van der Waals surface area contributed by atoms with Crippen LogP contribution in [0.2, 0.25) is 0 Å². The summed E-state index contributed by atoms with van der Waals surface area (Å²) in [7, 11) is 0. The van der Waals surface area contributed by atoms with E-state index in [0.29, 0.717) is 12.5 Å². The third-order valence-electron chi connectivity index (χ3n) is 5.53. The van der Waals surface area contributed by atoms with Gasteiger partial charge in [-0.2, -0.15) is 0 Å². The van der Waals surface area contributed by atoms with Crippen molar-refractivity contribution in [2.45, 2.75) is 45.1 Å². The molecule has 3 N–H and O–H groups in total. The molecular weight excluding hydrogens is 352 g/mol. The minimum absolute atomic E-state index is 0.0115. The Morgan fingerprint density at radius 2 is 1.71 bits per heavy atom. The molecule has 0 bridgehead atoms. The van der Waals surface area contributed by atoms with E-state index in [2.05, 4.69) is 44.9 Å². The maximum absolute atomic E-state index is 12.4. The monoisotopic (exact) mass is 378 g/mol. The van der Waals surface area contributed by atoms with Crippen LogP contribution in [0.3, 0.4) is 0 Å². The number of hydrogen-bond acceptors (Lipinski definition) is 3. The van der Waals surface area contributed by atoms with Crippen LogP contribution in [0, 0.1) is 11.8 Å². The van der Waals surface area contributed by atoms with Crippen molar-refractivity contribution in [1.82, 2.24) is 15.3 Å². The van der Waals surface area contributed by atoms with E-state index in [0.717, 1.165) is 55.1 Å². The molecule has 2 aliphatic carbocycles. The van der Waals surface area contributed by atoms with Crippen molar-refractivity contribution in [1.29, 1.82) is 0 Å². The summed E-state index contributed by atoms with van der Waals surface area (Å²) in [5, 5.41) is 5.93. The van der Waals surface area contributed by atoms with Gasteiger partial charge in [0.15, 0.2) is 0 Å². The summed E-state index contributed by atoms with van der Waals surface area (Å²) in [4.78, 5) is 32.3. The molecule has 2 amide bonds. The van der Waals surface area contributed by atoms with Crippen LogP contribution in [0.4, 0.5) is 5.95 Å². The fraction of sp³-hybridized carbons (Fsp3) is 0.409. The average Bonchev–Trinajstić information content (AvgIpc) is 3.14. The minimum atomic E-state index is 0.0115. The van der Waals surface area contributed by atoms with Gasteiger partial charge in [0.2, 0.25) is 17.8 Å². The Morgan fingerprint density at radius 1 is 1.00 bits per heavy atom. The van der Waals surface area contributed by atoms with E-state index in [-0.39, 0.29) is 23.7 Å². The van der Waals surface area contributed by atoms with Crippen molar-refractivity contribution >= 4 is 28.8 Å². The molecule has 2 aromatic rings. The Hall–Kier alpha value is -2.89. The lowest BCUT2D eigenvalue weighted by atomic mass is 9.93. The van der Waals surface area contributed by atoms with Gasteiger partial charge in [-0.25, -0.2) is 4.98 Å². The number of nitrogens with one attached hydrogen (secondary N) is 3. The standard InChI is InChI=1S/C22H26N4O2/c27-20(16-7-3-1-4-8-16)23-14-15-11-12-18-19(13-15)25-22(24-18)26-21(28)17-9-5-2-6-10-17/h1-3,5,11-13,16-17H,4,6-10,14H2,(H,23,27)(H2,24,25,26,28)/t16-,17+/m1/s1. The Balaban J connectivity index is 1.37. The number of nitrogens with zero attached hydrogens (tertiary/aromatic N) is 1. The van der Waals surface area contributed by atoms with Gasteiger partial charge in [-0.1, -0.05) is 30.4 Å². The number of fused-ring (bicyclic) bond motifs is 1. The van der Waals surface area contributed by atoms with E-state index in [1.54, 1.807) is 0 Å². The number of hydrogen-bond donors (Lipinski definition) is 3. The van der Waals surface area contributed by atoms with E-state index in [1.807, 2.05) is 18.2 Å². The van der Waals surface area contributed by atoms with Gasteiger partial charge >= 0.3 is 0 Å². The highest BCUT2D eigenvalue weighted by Gasteiger charge is 2.20. The molecule has 28 heavy (non-hydrogen) atoms. The van der Waals surface area contributed by atoms with E-state index in [1.165, 1.54) is 0 Å². The van der Waals surface area contributed by atoms with Crippen molar-refractivity contribution in [3.63, 3.8) is 0 Å². The molecule has 0 saturated carbocycles. The summed E-state index contributed by atoms with van der Waals surface area (Å²) in [5.41, 5.74) is 2.66. The zero-order valence-electron chi connectivity index (χ0n) is 15.9. The molecule has 1 aromatic carbocycles. The van der Waals surface area contributed by atoms with Crippen LogP contribution in [0.1, 0.15) is 44.1 Å². The van der Waals surface area contributed by atoms with Crippen LogP contribution in [0.5, 0.6) is 0 Å². The molecule has 0 spiro atoms. The molecule has 0 saturated heterocycles. The molecule has 1 aromatic heterocycles. The molecule has 0 aliphatic heterocycles. The first kappa shape index (κ1) is 18.5. The van der Waals surface area contributed by atoms with Gasteiger partial charge < -0.3 is 10.3 Å². The Bertz CT molecular complexity index is 928. The first-order valence-corrected chi connectivity index (χ1v) is 10.1. The number of amides is 2. The number of H-pyrrole nitrogens is 1. The maximum Gasteiger partial charge on any atom is 0.230 e. The van der Waals surface area contributed by atoms with Crippen LogP contribution < -0.4 is 10.6 Å². The summed E-state index contributed by atoms with van der Waals surface area (Å²) in [6, 6.07) is 5.85. The summed E-state index contributed by atoms with van der Waals surface area (Å²) in [6.45, 7) is 0.490. The number of anilines is 1. The third kappa shape index (κ3) is 4.32. The Morgan fingerprint density at radius 3 is 2.39 bits per heavy atom. The molecule has 0 unspecified atom stereocenters. The highest BCUT2D eigenvalue weighted by molar-refractivity contribution is 5.93. The van der Waals surface area contributed by atoms with Crippen molar-refractivity contribution in [3.8, 4) is 0 Å². The molecule has 4 rings (SSSR count).